The molecule has 0 spiro atoms. The molecule has 5 aromatic rings. The average molecular weight is 551 g/mol. The van der Waals surface area contributed by atoms with Crippen LogP contribution in [0.5, 0.6) is 5.75 Å². The number of rotatable bonds is 6. The average Bonchev–Trinajstić information content (AvgIpc) is 3.34. The van der Waals surface area contributed by atoms with Crippen LogP contribution in [0.15, 0.2) is 72.8 Å². The first-order valence-corrected chi connectivity index (χ1v) is 13.7. The summed E-state index contributed by atoms with van der Waals surface area (Å²) in [6, 6.07) is 21.8. The van der Waals surface area contributed by atoms with Crippen molar-refractivity contribution in [3.05, 3.63) is 107 Å². The fourth-order valence-corrected chi connectivity index (χ4v) is 5.22. The van der Waals surface area contributed by atoms with Crippen LogP contribution >= 0.6 is 0 Å². The number of ether oxygens (including phenoxy) is 1. The molecule has 41 heavy (non-hydrogen) atoms. The summed E-state index contributed by atoms with van der Waals surface area (Å²) in [5, 5.41) is 5.65. The van der Waals surface area contributed by atoms with E-state index in [9.17, 15) is 9.18 Å². The predicted molar refractivity (Wildman–Crippen MR) is 156 cm³/mol. The predicted octanol–water partition coefficient (Wildman–Crippen LogP) is 5.13. The minimum absolute atomic E-state index is 0.0169. The van der Waals surface area contributed by atoms with E-state index in [1.165, 1.54) is 17.7 Å². The van der Waals surface area contributed by atoms with Gasteiger partial charge in [-0.1, -0.05) is 35.9 Å². The van der Waals surface area contributed by atoms with Gasteiger partial charge in [-0.3, -0.25) is 4.79 Å². The van der Waals surface area contributed by atoms with Crippen molar-refractivity contribution in [1.82, 2.24) is 24.6 Å². The first-order chi connectivity index (χ1) is 19.9. The van der Waals surface area contributed by atoms with Crippen LogP contribution in [0.2, 0.25) is 0 Å². The van der Waals surface area contributed by atoms with Crippen LogP contribution < -0.4 is 9.64 Å². The van der Waals surface area contributed by atoms with E-state index in [4.69, 9.17) is 19.8 Å². The highest BCUT2D eigenvalue weighted by molar-refractivity contribution is 5.95. The number of amides is 1. The van der Waals surface area contributed by atoms with Gasteiger partial charge in [0.15, 0.2) is 5.65 Å². The zero-order valence-corrected chi connectivity index (χ0v) is 23.3. The molecular formula is C32H31FN6O2. The number of hydrogen-bond donors (Lipinski definition) is 0. The van der Waals surface area contributed by atoms with Gasteiger partial charge in [0.05, 0.1) is 23.9 Å². The summed E-state index contributed by atoms with van der Waals surface area (Å²) in [6.45, 7) is 6.35. The Morgan fingerprint density at radius 2 is 1.66 bits per heavy atom. The fraction of sp³-hybridized carbons (Fsp3) is 0.250. The topological polar surface area (TPSA) is 76.4 Å². The SMILES string of the molecule is COc1cccc(C(=O)N2CCN(c3nc(Cc4ccc(C)cc4)nc4c3c(C)nn4-c3ccc(F)cc3)CC2)c1. The number of aromatic nitrogens is 4. The molecule has 0 saturated carbocycles. The monoisotopic (exact) mass is 550 g/mol. The second-order valence-electron chi connectivity index (χ2n) is 10.3. The molecule has 3 heterocycles. The lowest BCUT2D eigenvalue weighted by atomic mass is 10.1. The number of benzene rings is 3. The van der Waals surface area contributed by atoms with Crippen LogP contribution in [0.3, 0.4) is 0 Å². The third-order valence-electron chi connectivity index (χ3n) is 7.47. The molecule has 3 aromatic carbocycles. The molecule has 9 heteroatoms. The molecular weight excluding hydrogens is 519 g/mol. The molecule has 1 fully saturated rings. The van der Waals surface area contributed by atoms with E-state index in [2.05, 4.69) is 36.1 Å². The van der Waals surface area contributed by atoms with Crippen molar-refractivity contribution in [1.29, 1.82) is 0 Å². The molecule has 0 radical (unpaired) electrons. The van der Waals surface area contributed by atoms with Gasteiger partial charge in [0.25, 0.3) is 5.91 Å². The van der Waals surface area contributed by atoms with Crippen molar-refractivity contribution in [2.45, 2.75) is 20.3 Å². The van der Waals surface area contributed by atoms with Gasteiger partial charge >= 0.3 is 0 Å². The number of aryl methyl sites for hydroxylation is 2. The quantitative estimate of drug-likeness (QED) is 0.292. The zero-order valence-electron chi connectivity index (χ0n) is 23.3. The summed E-state index contributed by atoms with van der Waals surface area (Å²) >= 11 is 0. The Balaban J connectivity index is 1.35. The molecule has 0 bridgehead atoms. The lowest BCUT2D eigenvalue weighted by Crippen LogP contribution is -2.49. The molecule has 2 aromatic heterocycles. The third-order valence-corrected chi connectivity index (χ3v) is 7.47. The number of piperazine rings is 1. The molecule has 0 N–H and O–H groups in total. The summed E-state index contributed by atoms with van der Waals surface area (Å²) in [5.74, 6) is 1.81. The number of methoxy groups -OCH3 is 1. The Morgan fingerprint density at radius 3 is 2.37 bits per heavy atom. The number of nitrogens with zero attached hydrogens (tertiary/aromatic N) is 6. The Bertz CT molecular complexity index is 1710. The second kappa shape index (κ2) is 11.0. The van der Waals surface area contributed by atoms with E-state index in [-0.39, 0.29) is 11.7 Å². The molecule has 1 saturated heterocycles. The van der Waals surface area contributed by atoms with E-state index in [0.717, 1.165) is 28.1 Å². The summed E-state index contributed by atoms with van der Waals surface area (Å²) in [5.41, 5.74) is 5.10. The van der Waals surface area contributed by atoms with Crippen molar-refractivity contribution in [3.8, 4) is 11.4 Å². The largest absolute Gasteiger partial charge is 0.497 e. The van der Waals surface area contributed by atoms with Crippen LogP contribution in [0.1, 0.15) is 33.0 Å². The summed E-state index contributed by atoms with van der Waals surface area (Å²) in [4.78, 5) is 27.3. The first-order valence-electron chi connectivity index (χ1n) is 13.7. The van der Waals surface area contributed by atoms with Crippen molar-refractivity contribution in [3.63, 3.8) is 0 Å². The number of fused-ring (bicyclic) bond motifs is 1. The van der Waals surface area contributed by atoms with Crippen molar-refractivity contribution in [2.75, 3.05) is 38.2 Å². The number of anilines is 1. The maximum atomic E-state index is 13.7. The summed E-state index contributed by atoms with van der Waals surface area (Å²) in [6.07, 6.45) is 0.561. The lowest BCUT2D eigenvalue weighted by molar-refractivity contribution is 0.0746. The number of hydrogen-bond acceptors (Lipinski definition) is 6. The van der Waals surface area contributed by atoms with E-state index < -0.39 is 0 Å². The smallest absolute Gasteiger partial charge is 0.254 e. The van der Waals surface area contributed by atoms with Gasteiger partial charge in [-0.05, 0) is 61.9 Å². The van der Waals surface area contributed by atoms with Gasteiger partial charge < -0.3 is 14.5 Å². The minimum Gasteiger partial charge on any atom is -0.497 e. The van der Waals surface area contributed by atoms with Gasteiger partial charge in [0.2, 0.25) is 0 Å². The molecule has 1 aliphatic heterocycles. The minimum atomic E-state index is -0.307. The van der Waals surface area contributed by atoms with Crippen molar-refractivity contribution in [2.24, 2.45) is 0 Å². The Labute approximate surface area is 238 Å². The highest BCUT2D eigenvalue weighted by Crippen LogP contribution is 2.30. The summed E-state index contributed by atoms with van der Waals surface area (Å²) in [7, 11) is 1.60. The molecule has 0 aliphatic carbocycles. The normalized spacial score (nSPS) is 13.6. The highest BCUT2D eigenvalue weighted by Gasteiger charge is 2.27. The summed E-state index contributed by atoms with van der Waals surface area (Å²) < 4.78 is 20.8. The maximum absolute atomic E-state index is 13.7. The number of carbonyl (C=O) groups excluding carboxylic acids is 1. The van der Waals surface area contributed by atoms with Crippen molar-refractivity contribution >= 4 is 22.8 Å². The van der Waals surface area contributed by atoms with E-state index >= 15 is 0 Å². The third kappa shape index (κ3) is 5.35. The van der Waals surface area contributed by atoms with Gasteiger partial charge in [-0.25, -0.2) is 19.0 Å². The molecule has 0 unspecified atom stereocenters. The Kier molecular flexibility index (Phi) is 7.09. The molecule has 208 valence electrons. The van der Waals surface area contributed by atoms with Gasteiger partial charge in [0, 0.05) is 38.2 Å². The highest BCUT2D eigenvalue weighted by atomic mass is 19.1. The van der Waals surface area contributed by atoms with Crippen LogP contribution in [0.25, 0.3) is 16.7 Å². The van der Waals surface area contributed by atoms with E-state index in [0.29, 0.717) is 55.4 Å². The molecule has 6 rings (SSSR count). The Hall–Kier alpha value is -4.79. The molecule has 1 aliphatic rings. The van der Waals surface area contributed by atoms with Crippen LogP contribution in [-0.2, 0) is 6.42 Å². The Morgan fingerprint density at radius 1 is 0.927 bits per heavy atom. The number of carbonyl (C=O) groups is 1. The number of halogens is 1. The molecule has 8 nitrogen and oxygen atoms in total. The van der Waals surface area contributed by atoms with E-state index in [1.807, 2.05) is 30.0 Å². The van der Waals surface area contributed by atoms with Crippen LogP contribution in [0.4, 0.5) is 10.2 Å². The van der Waals surface area contributed by atoms with Gasteiger partial charge in [0.1, 0.15) is 23.2 Å². The zero-order chi connectivity index (χ0) is 28.5. The van der Waals surface area contributed by atoms with Crippen molar-refractivity contribution < 1.29 is 13.9 Å². The lowest BCUT2D eigenvalue weighted by Gasteiger charge is -2.36. The van der Waals surface area contributed by atoms with Crippen LogP contribution in [0, 0.1) is 19.7 Å². The van der Waals surface area contributed by atoms with E-state index in [1.54, 1.807) is 30.0 Å². The fourth-order valence-electron chi connectivity index (χ4n) is 5.22. The van der Waals surface area contributed by atoms with Gasteiger partial charge in [-0.2, -0.15) is 5.10 Å². The second-order valence-corrected chi connectivity index (χ2v) is 10.3. The van der Waals surface area contributed by atoms with Crippen LogP contribution in [-0.4, -0.2) is 63.8 Å². The molecule has 0 atom stereocenters. The molecule has 1 amide bonds. The standard InChI is InChI=1S/C32H31FN6O2/c1-21-7-9-23(10-8-21)19-28-34-30(29-22(2)36-39(31(29)35-28)26-13-11-25(33)12-14-26)37-15-17-38(18-16-37)32(40)24-5-4-6-27(20-24)41-3/h4-14,20H,15-19H2,1-3H3. The first kappa shape index (κ1) is 26.4. The maximum Gasteiger partial charge on any atom is 0.254 e. The van der Waals surface area contributed by atoms with Gasteiger partial charge in [-0.15, -0.1) is 0 Å².